The van der Waals surface area contributed by atoms with E-state index in [1.54, 1.807) is 24.7 Å². The molecule has 0 saturated heterocycles. The van der Waals surface area contributed by atoms with Crippen LogP contribution in [0.1, 0.15) is 16.1 Å². The van der Waals surface area contributed by atoms with Crippen LogP contribution in [-0.2, 0) is 6.54 Å². The zero-order chi connectivity index (χ0) is 13.8. The van der Waals surface area contributed by atoms with Crippen molar-refractivity contribution in [3.8, 4) is 11.1 Å². The standard InChI is InChI=1S/C16H13NO3/c18-16(17-10-12-6-8-19-11-12)15-14(7-9-20-15)13-4-2-1-3-5-13/h1-9,11H,10H2,(H,17,18). The van der Waals surface area contributed by atoms with Gasteiger partial charge in [0.2, 0.25) is 0 Å². The molecule has 1 N–H and O–H groups in total. The molecule has 0 radical (unpaired) electrons. The van der Waals surface area contributed by atoms with E-state index in [0.717, 1.165) is 16.7 Å². The Balaban J connectivity index is 1.77. The van der Waals surface area contributed by atoms with E-state index in [2.05, 4.69) is 5.32 Å². The van der Waals surface area contributed by atoms with Gasteiger partial charge in [-0.25, -0.2) is 0 Å². The van der Waals surface area contributed by atoms with Crippen LogP contribution in [0.15, 0.2) is 70.1 Å². The summed E-state index contributed by atoms with van der Waals surface area (Å²) in [6.07, 6.45) is 4.69. The van der Waals surface area contributed by atoms with Crippen LogP contribution in [0.5, 0.6) is 0 Å². The summed E-state index contributed by atoms with van der Waals surface area (Å²) in [5, 5.41) is 2.80. The highest BCUT2D eigenvalue weighted by Gasteiger charge is 2.16. The average molecular weight is 267 g/mol. The van der Waals surface area contributed by atoms with Gasteiger partial charge in [-0.1, -0.05) is 30.3 Å². The van der Waals surface area contributed by atoms with Gasteiger partial charge in [0, 0.05) is 17.7 Å². The van der Waals surface area contributed by atoms with Crippen molar-refractivity contribution in [3.05, 3.63) is 72.6 Å². The van der Waals surface area contributed by atoms with Crippen LogP contribution in [0.2, 0.25) is 0 Å². The van der Waals surface area contributed by atoms with E-state index in [9.17, 15) is 4.79 Å². The van der Waals surface area contributed by atoms with E-state index in [4.69, 9.17) is 8.83 Å². The number of carbonyl (C=O) groups excluding carboxylic acids is 1. The summed E-state index contributed by atoms with van der Waals surface area (Å²) in [6.45, 7) is 0.407. The Kier molecular flexibility index (Phi) is 3.37. The summed E-state index contributed by atoms with van der Waals surface area (Å²) >= 11 is 0. The largest absolute Gasteiger partial charge is 0.472 e. The van der Waals surface area contributed by atoms with Gasteiger partial charge in [-0.05, 0) is 17.7 Å². The predicted molar refractivity (Wildman–Crippen MR) is 74.0 cm³/mol. The molecule has 3 rings (SSSR count). The van der Waals surface area contributed by atoms with Gasteiger partial charge in [-0.15, -0.1) is 0 Å². The quantitative estimate of drug-likeness (QED) is 0.787. The molecular weight excluding hydrogens is 254 g/mol. The molecule has 0 bridgehead atoms. The van der Waals surface area contributed by atoms with Gasteiger partial charge in [-0.2, -0.15) is 0 Å². The summed E-state index contributed by atoms with van der Waals surface area (Å²) in [6, 6.07) is 13.3. The van der Waals surface area contributed by atoms with Gasteiger partial charge in [0.05, 0.1) is 18.8 Å². The number of furan rings is 2. The van der Waals surface area contributed by atoms with Gasteiger partial charge in [0.1, 0.15) is 0 Å². The van der Waals surface area contributed by atoms with Crippen LogP contribution >= 0.6 is 0 Å². The Labute approximate surface area is 116 Å². The summed E-state index contributed by atoms with van der Waals surface area (Å²) in [7, 11) is 0. The third-order valence-electron chi connectivity index (χ3n) is 2.99. The Morgan fingerprint density at radius 2 is 1.90 bits per heavy atom. The van der Waals surface area contributed by atoms with Crippen molar-refractivity contribution in [2.24, 2.45) is 0 Å². The second-order valence-electron chi connectivity index (χ2n) is 4.34. The minimum absolute atomic E-state index is 0.241. The fourth-order valence-electron chi connectivity index (χ4n) is 1.99. The molecule has 0 saturated carbocycles. The number of hydrogen-bond acceptors (Lipinski definition) is 3. The number of benzene rings is 1. The average Bonchev–Trinajstić information content (AvgIpc) is 3.17. The lowest BCUT2D eigenvalue weighted by molar-refractivity contribution is 0.0924. The topological polar surface area (TPSA) is 55.4 Å². The zero-order valence-electron chi connectivity index (χ0n) is 10.7. The van der Waals surface area contributed by atoms with Crippen LogP contribution in [0.3, 0.4) is 0 Å². The van der Waals surface area contributed by atoms with Crippen LogP contribution in [0.4, 0.5) is 0 Å². The van der Waals surface area contributed by atoms with E-state index in [1.807, 2.05) is 30.3 Å². The maximum Gasteiger partial charge on any atom is 0.287 e. The van der Waals surface area contributed by atoms with Gasteiger partial charge in [0.15, 0.2) is 5.76 Å². The Morgan fingerprint density at radius 1 is 1.05 bits per heavy atom. The molecular formula is C16H13NO3. The van der Waals surface area contributed by atoms with Gasteiger partial charge in [0.25, 0.3) is 5.91 Å². The molecule has 0 aliphatic carbocycles. The first kappa shape index (κ1) is 12.3. The molecule has 0 fully saturated rings. The molecule has 20 heavy (non-hydrogen) atoms. The highest BCUT2D eigenvalue weighted by molar-refractivity contribution is 5.98. The van der Waals surface area contributed by atoms with E-state index < -0.39 is 0 Å². The predicted octanol–water partition coefficient (Wildman–Crippen LogP) is 3.47. The minimum Gasteiger partial charge on any atom is -0.472 e. The van der Waals surface area contributed by atoms with Crippen molar-refractivity contribution in [3.63, 3.8) is 0 Å². The van der Waals surface area contributed by atoms with Crippen molar-refractivity contribution in [2.75, 3.05) is 0 Å². The van der Waals surface area contributed by atoms with Gasteiger partial charge >= 0.3 is 0 Å². The van der Waals surface area contributed by atoms with E-state index >= 15 is 0 Å². The molecule has 4 heteroatoms. The minimum atomic E-state index is -0.241. The Bertz CT molecular complexity index is 684. The molecule has 2 aromatic heterocycles. The van der Waals surface area contributed by atoms with E-state index in [-0.39, 0.29) is 5.91 Å². The van der Waals surface area contributed by atoms with Crippen molar-refractivity contribution in [1.29, 1.82) is 0 Å². The lowest BCUT2D eigenvalue weighted by atomic mass is 10.1. The summed E-state index contributed by atoms with van der Waals surface area (Å²) in [4.78, 5) is 12.2. The molecule has 4 nitrogen and oxygen atoms in total. The van der Waals surface area contributed by atoms with Gasteiger partial charge < -0.3 is 14.2 Å². The molecule has 0 spiro atoms. The lowest BCUT2D eigenvalue weighted by Gasteiger charge is -2.04. The second kappa shape index (κ2) is 5.48. The molecule has 0 atom stereocenters. The first-order valence-corrected chi connectivity index (χ1v) is 6.27. The van der Waals surface area contributed by atoms with E-state index in [0.29, 0.717) is 12.3 Å². The third-order valence-corrected chi connectivity index (χ3v) is 2.99. The van der Waals surface area contributed by atoms with Crippen LogP contribution in [0.25, 0.3) is 11.1 Å². The number of rotatable bonds is 4. The van der Waals surface area contributed by atoms with Crippen LogP contribution < -0.4 is 5.32 Å². The number of carbonyl (C=O) groups is 1. The monoisotopic (exact) mass is 267 g/mol. The number of nitrogens with one attached hydrogen (secondary N) is 1. The highest BCUT2D eigenvalue weighted by atomic mass is 16.3. The maximum atomic E-state index is 12.2. The molecule has 0 aliphatic heterocycles. The molecule has 0 aliphatic rings. The zero-order valence-corrected chi connectivity index (χ0v) is 10.7. The van der Waals surface area contributed by atoms with Crippen molar-refractivity contribution in [1.82, 2.24) is 5.32 Å². The number of hydrogen-bond donors (Lipinski definition) is 1. The first-order chi connectivity index (χ1) is 9.84. The SMILES string of the molecule is O=C(NCc1ccoc1)c1occc1-c1ccccc1. The molecule has 0 unspecified atom stereocenters. The Hall–Kier alpha value is -2.75. The maximum absolute atomic E-state index is 12.2. The van der Waals surface area contributed by atoms with Crippen molar-refractivity contribution >= 4 is 5.91 Å². The number of amides is 1. The molecule has 1 aromatic carbocycles. The smallest absolute Gasteiger partial charge is 0.287 e. The molecule has 1 amide bonds. The molecule has 2 heterocycles. The van der Waals surface area contributed by atoms with Gasteiger partial charge in [-0.3, -0.25) is 4.79 Å². The fraction of sp³-hybridized carbons (Fsp3) is 0.0625. The first-order valence-electron chi connectivity index (χ1n) is 6.27. The third kappa shape index (κ3) is 2.49. The molecule has 3 aromatic rings. The van der Waals surface area contributed by atoms with Crippen LogP contribution in [-0.4, -0.2) is 5.91 Å². The lowest BCUT2D eigenvalue weighted by Crippen LogP contribution is -2.22. The fourth-order valence-corrected chi connectivity index (χ4v) is 1.99. The second-order valence-corrected chi connectivity index (χ2v) is 4.34. The summed E-state index contributed by atoms with van der Waals surface area (Å²) in [5.74, 6) is 0.0785. The van der Waals surface area contributed by atoms with Crippen molar-refractivity contribution < 1.29 is 13.6 Å². The van der Waals surface area contributed by atoms with Crippen LogP contribution in [0, 0.1) is 0 Å². The molecule has 100 valence electrons. The van der Waals surface area contributed by atoms with E-state index in [1.165, 1.54) is 6.26 Å². The Morgan fingerprint density at radius 3 is 2.65 bits per heavy atom. The highest BCUT2D eigenvalue weighted by Crippen LogP contribution is 2.24. The summed E-state index contributed by atoms with van der Waals surface area (Å²) < 4.78 is 10.3. The van der Waals surface area contributed by atoms with Crippen molar-refractivity contribution in [2.45, 2.75) is 6.54 Å². The normalized spacial score (nSPS) is 10.4. The summed E-state index contributed by atoms with van der Waals surface area (Å²) in [5.41, 5.74) is 2.65.